The van der Waals surface area contributed by atoms with Gasteiger partial charge in [0.1, 0.15) is 0 Å². The molecule has 0 bridgehead atoms. The number of nitrogens with zero attached hydrogens (tertiary/aromatic N) is 1. The van der Waals surface area contributed by atoms with E-state index in [-0.39, 0.29) is 0 Å². The molecule has 3 heteroatoms. The Morgan fingerprint density at radius 3 is 2.68 bits per heavy atom. The Balaban J connectivity index is 2.18. The molecule has 2 N–H and O–H groups in total. The molecule has 1 saturated carbocycles. The first-order valence-corrected chi connectivity index (χ1v) is 7.22. The summed E-state index contributed by atoms with van der Waals surface area (Å²) in [5.74, 6) is 0.853. The first-order chi connectivity index (χ1) is 9.17. The second-order valence-corrected chi connectivity index (χ2v) is 5.58. The van der Waals surface area contributed by atoms with E-state index in [0.717, 1.165) is 19.1 Å². The number of hydrogen-bond donors (Lipinski definition) is 1. The Morgan fingerprint density at radius 2 is 2.16 bits per heavy atom. The minimum atomic E-state index is 0.596. The highest BCUT2D eigenvalue weighted by Crippen LogP contribution is 2.37. The first-order valence-electron chi connectivity index (χ1n) is 7.22. The van der Waals surface area contributed by atoms with Gasteiger partial charge in [0.05, 0.1) is 6.61 Å². The molecule has 2 rings (SSSR count). The molecule has 1 aliphatic carbocycles. The van der Waals surface area contributed by atoms with Gasteiger partial charge in [-0.25, -0.2) is 0 Å². The van der Waals surface area contributed by atoms with Gasteiger partial charge < -0.3 is 15.4 Å². The number of hydrogen-bond acceptors (Lipinski definition) is 3. The zero-order valence-electron chi connectivity index (χ0n) is 12.4. The van der Waals surface area contributed by atoms with Crippen LogP contribution >= 0.6 is 0 Å². The molecule has 1 fully saturated rings. The van der Waals surface area contributed by atoms with Crippen molar-refractivity contribution in [1.82, 2.24) is 0 Å². The Bertz CT molecular complexity index is 415. The van der Waals surface area contributed by atoms with Gasteiger partial charge in [-0.15, -0.1) is 0 Å². The van der Waals surface area contributed by atoms with Crippen molar-refractivity contribution in [1.29, 1.82) is 0 Å². The number of benzene rings is 1. The number of ether oxygens (including phenoxy) is 1. The number of nitrogens with two attached hydrogens (primary N) is 1. The van der Waals surface area contributed by atoms with Crippen LogP contribution in [-0.2, 0) is 11.3 Å². The molecule has 0 spiro atoms. The summed E-state index contributed by atoms with van der Waals surface area (Å²) in [6.07, 6.45) is 2.73. The summed E-state index contributed by atoms with van der Waals surface area (Å²) in [6, 6.07) is 7.21. The van der Waals surface area contributed by atoms with Crippen LogP contribution < -0.4 is 10.6 Å². The summed E-state index contributed by atoms with van der Waals surface area (Å²) in [5, 5.41) is 0. The van der Waals surface area contributed by atoms with Crippen LogP contribution in [0.1, 0.15) is 30.9 Å². The molecule has 1 aliphatic rings. The van der Waals surface area contributed by atoms with E-state index in [4.69, 9.17) is 10.5 Å². The van der Waals surface area contributed by atoms with E-state index in [9.17, 15) is 0 Å². The van der Waals surface area contributed by atoms with E-state index in [2.05, 4.69) is 36.9 Å². The second kappa shape index (κ2) is 6.40. The summed E-state index contributed by atoms with van der Waals surface area (Å²) < 4.78 is 5.26. The summed E-state index contributed by atoms with van der Waals surface area (Å²) in [7, 11) is 1.77. The van der Waals surface area contributed by atoms with E-state index in [1.807, 2.05) is 0 Å². The molecule has 0 amide bonds. The van der Waals surface area contributed by atoms with Gasteiger partial charge in [-0.2, -0.15) is 0 Å². The van der Waals surface area contributed by atoms with Crippen LogP contribution in [0.2, 0.25) is 0 Å². The summed E-state index contributed by atoms with van der Waals surface area (Å²) >= 11 is 0. The third-order valence-corrected chi connectivity index (χ3v) is 4.21. The van der Waals surface area contributed by atoms with Crippen LogP contribution in [0, 0.1) is 12.8 Å². The van der Waals surface area contributed by atoms with Crippen LogP contribution in [-0.4, -0.2) is 26.3 Å². The SMILES string of the molecule is COCCN(c1ccc(CN)c(C)c1)C(C)C1CC1. The van der Waals surface area contributed by atoms with Crippen LogP contribution in [0.5, 0.6) is 0 Å². The van der Waals surface area contributed by atoms with Gasteiger partial charge in [-0.1, -0.05) is 6.07 Å². The molecule has 3 nitrogen and oxygen atoms in total. The van der Waals surface area contributed by atoms with E-state index in [1.165, 1.54) is 29.7 Å². The fourth-order valence-electron chi connectivity index (χ4n) is 2.68. The Labute approximate surface area is 116 Å². The van der Waals surface area contributed by atoms with E-state index >= 15 is 0 Å². The first kappa shape index (κ1) is 14.4. The Hall–Kier alpha value is -1.06. The quantitative estimate of drug-likeness (QED) is 0.821. The van der Waals surface area contributed by atoms with E-state index in [0.29, 0.717) is 12.6 Å². The second-order valence-electron chi connectivity index (χ2n) is 5.58. The average Bonchev–Trinajstić information content (AvgIpc) is 3.23. The standard InChI is InChI=1S/C16H26N2O/c1-12-10-16(7-6-15(12)11-17)18(8-9-19-3)13(2)14-4-5-14/h6-7,10,13-14H,4-5,8-9,11,17H2,1-3H3. The molecule has 0 radical (unpaired) electrons. The molecule has 19 heavy (non-hydrogen) atoms. The zero-order chi connectivity index (χ0) is 13.8. The van der Waals surface area contributed by atoms with Crippen LogP contribution in [0.25, 0.3) is 0 Å². The molecule has 0 aliphatic heterocycles. The van der Waals surface area contributed by atoms with Crippen LogP contribution in [0.4, 0.5) is 5.69 Å². The topological polar surface area (TPSA) is 38.5 Å². The van der Waals surface area contributed by atoms with E-state index in [1.54, 1.807) is 7.11 Å². The third kappa shape index (κ3) is 3.48. The maximum Gasteiger partial charge on any atom is 0.0637 e. The lowest BCUT2D eigenvalue weighted by molar-refractivity contribution is 0.202. The molecule has 1 unspecified atom stereocenters. The molecule has 0 aromatic heterocycles. The fraction of sp³-hybridized carbons (Fsp3) is 0.625. The van der Waals surface area contributed by atoms with Crippen molar-refractivity contribution in [3.63, 3.8) is 0 Å². The van der Waals surface area contributed by atoms with Gasteiger partial charge in [-0.3, -0.25) is 0 Å². The van der Waals surface area contributed by atoms with Crippen molar-refractivity contribution in [3.05, 3.63) is 29.3 Å². The van der Waals surface area contributed by atoms with Gasteiger partial charge in [-0.05, 0) is 55.9 Å². The molecule has 1 aromatic carbocycles. The number of methoxy groups -OCH3 is 1. The molecule has 0 saturated heterocycles. The lowest BCUT2D eigenvalue weighted by Crippen LogP contribution is -2.37. The lowest BCUT2D eigenvalue weighted by atomic mass is 10.1. The highest BCUT2D eigenvalue weighted by Gasteiger charge is 2.32. The van der Waals surface area contributed by atoms with Crippen molar-refractivity contribution < 1.29 is 4.74 Å². The largest absolute Gasteiger partial charge is 0.383 e. The monoisotopic (exact) mass is 262 g/mol. The normalized spacial score (nSPS) is 16.4. The smallest absolute Gasteiger partial charge is 0.0637 e. The number of anilines is 1. The summed E-state index contributed by atoms with van der Waals surface area (Å²) in [5.41, 5.74) is 9.55. The van der Waals surface area contributed by atoms with E-state index < -0.39 is 0 Å². The maximum absolute atomic E-state index is 5.74. The molecule has 1 atom stereocenters. The summed E-state index contributed by atoms with van der Waals surface area (Å²) in [4.78, 5) is 2.48. The minimum absolute atomic E-state index is 0.596. The maximum atomic E-state index is 5.74. The minimum Gasteiger partial charge on any atom is -0.383 e. The third-order valence-electron chi connectivity index (χ3n) is 4.21. The molecule has 0 heterocycles. The number of rotatable bonds is 7. The highest BCUT2D eigenvalue weighted by atomic mass is 16.5. The van der Waals surface area contributed by atoms with Gasteiger partial charge in [0.25, 0.3) is 0 Å². The Morgan fingerprint density at radius 1 is 1.42 bits per heavy atom. The van der Waals surface area contributed by atoms with Crippen molar-refractivity contribution in [3.8, 4) is 0 Å². The molecule has 1 aromatic rings. The summed E-state index contributed by atoms with van der Waals surface area (Å²) in [6.45, 7) is 6.81. The fourth-order valence-corrected chi connectivity index (χ4v) is 2.68. The molecular weight excluding hydrogens is 236 g/mol. The number of aryl methyl sites for hydroxylation is 1. The van der Waals surface area contributed by atoms with Crippen LogP contribution in [0.15, 0.2) is 18.2 Å². The highest BCUT2D eigenvalue weighted by molar-refractivity contribution is 5.52. The molecule has 106 valence electrons. The average molecular weight is 262 g/mol. The van der Waals surface area contributed by atoms with Gasteiger partial charge >= 0.3 is 0 Å². The van der Waals surface area contributed by atoms with Crippen molar-refractivity contribution >= 4 is 5.69 Å². The van der Waals surface area contributed by atoms with Gasteiger partial charge in [0.2, 0.25) is 0 Å². The van der Waals surface area contributed by atoms with Crippen molar-refractivity contribution in [2.45, 2.75) is 39.3 Å². The predicted molar refractivity (Wildman–Crippen MR) is 80.5 cm³/mol. The van der Waals surface area contributed by atoms with Crippen molar-refractivity contribution in [2.75, 3.05) is 25.2 Å². The van der Waals surface area contributed by atoms with Crippen molar-refractivity contribution in [2.24, 2.45) is 11.7 Å². The predicted octanol–water partition coefficient (Wildman–Crippen LogP) is 2.71. The van der Waals surface area contributed by atoms with Gasteiger partial charge in [0.15, 0.2) is 0 Å². The van der Waals surface area contributed by atoms with Gasteiger partial charge in [0, 0.05) is 31.9 Å². The molecular formula is C16H26N2O. The van der Waals surface area contributed by atoms with Crippen LogP contribution in [0.3, 0.4) is 0 Å². The Kier molecular flexibility index (Phi) is 4.83. The zero-order valence-corrected chi connectivity index (χ0v) is 12.4. The lowest BCUT2D eigenvalue weighted by Gasteiger charge is -2.32.